The van der Waals surface area contributed by atoms with Crippen LogP contribution in [-0.2, 0) is 21.2 Å². The third-order valence-corrected chi connectivity index (χ3v) is 7.34. The molecule has 1 atom stereocenters. The average molecular weight is 475 g/mol. The lowest BCUT2D eigenvalue weighted by atomic mass is 9.82. The van der Waals surface area contributed by atoms with Crippen molar-refractivity contribution < 1.29 is 17.9 Å². The van der Waals surface area contributed by atoms with Gasteiger partial charge in [-0.15, -0.1) is 0 Å². The molecule has 1 aliphatic carbocycles. The number of carbonyl (C=O) groups excluding carboxylic acids is 1. The molecule has 3 aromatic rings. The summed E-state index contributed by atoms with van der Waals surface area (Å²) in [6.07, 6.45) is 3.74. The number of benzene rings is 2. The molecule has 0 saturated carbocycles. The van der Waals surface area contributed by atoms with Gasteiger partial charge in [0.2, 0.25) is 5.91 Å². The molecule has 1 aromatic heterocycles. The number of nitrogens with one attached hydrogen (secondary N) is 1. The van der Waals surface area contributed by atoms with Gasteiger partial charge in [0.05, 0.1) is 23.4 Å². The van der Waals surface area contributed by atoms with Gasteiger partial charge < -0.3 is 4.74 Å². The van der Waals surface area contributed by atoms with Crippen molar-refractivity contribution in [2.45, 2.75) is 30.1 Å². The number of amides is 1. The number of methoxy groups -OCH3 is 1. The Morgan fingerprint density at radius 3 is 2.83 bits per heavy atom. The lowest BCUT2D eigenvalue weighted by molar-refractivity contribution is -0.121. The third kappa shape index (κ3) is 3.62. The van der Waals surface area contributed by atoms with Crippen LogP contribution in [0.25, 0.3) is 10.9 Å². The van der Waals surface area contributed by atoms with E-state index in [9.17, 15) is 13.2 Å². The van der Waals surface area contributed by atoms with Crippen molar-refractivity contribution in [1.82, 2.24) is 9.71 Å². The van der Waals surface area contributed by atoms with Crippen molar-refractivity contribution in [3.05, 3.63) is 64.3 Å². The first kappa shape index (κ1) is 19.8. The first-order valence-electron chi connectivity index (χ1n) is 9.18. The van der Waals surface area contributed by atoms with Gasteiger partial charge in [0.25, 0.3) is 10.0 Å². The maximum atomic E-state index is 13.1. The van der Waals surface area contributed by atoms with Crippen molar-refractivity contribution in [1.29, 1.82) is 0 Å². The van der Waals surface area contributed by atoms with Gasteiger partial charge in [-0.05, 0) is 61.2 Å². The molecule has 1 aliphatic rings. The molecule has 1 heterocycles. The SMILES string of the molecule is COc1ccc(Br)c2c1C(C(=O)NS(=O)(=O)c1cccc3ncccc13)CCC2. The quantitative estimate of drug-likeness (QED) is 0.618. The molecule has 0 radical (unpaired) electrons. The summed E-state index contributed by atoms with van der Waals surface area (Å²) in [6.45, 7) is 0. The Kier molecular flexibility index (Phi) is 5.31. The molecule has 8 heteroatoms. The molecule has 150 valence electrons. The van der Waals surface area contributed by atoms with E-state index in [0.717, 1.165) is 28.4 Å². The van der Waals surface area contributed by atoms with Crippen molar-refractivity contribution in [2.75, 3.05) is 7.11 Å². The van der Waals surface area contributed by atoms with E-state index in [1.807, 2.05) is 6.07 Å². The van der Waals surface area contributed by atoms with Crippen molar-refractivity contribution >= 4 is 42.8 Å². The highest BCUT2D eigenvalue weighted by atomic mass is 79.9. The number of fused-ring (bicyclic) bond motifs is 2. The number of sulfonamides is 1. The van der Waals surface area contributed by atoms with Crippen LogP contribution in [0.15, 0.2) is 58.0 Å². The van der Waals surface area contributed by atoms with E-state index in [-0.39, 0.29) is 4.90 Å². The van der Waals surface area contributed by atoms with Gasteiger partial charge >= 0.3 is 0 Å². The minimum Gasteiger partial charge on any atom is -0.496 e. The Labute approximate surface area is 177 Å². The van der Waals surface area contributed by atoms with Crippen LogP contribution in [0.2, 0.25) is 0 Å². The van der Waals surface area contributed by atoms with Gasteiger partial charge in [-0.1, -0.05) is 22.0 Å². The molecule has 1 amide bonds. The van der Waals surface area contributed by atoms with Crippen LogP contribution >= 0.6 is 15.9 Å². The normalized spacial score (nSPS) is 16.3. The summed E-state index contributed by atoms with van der Waals surface area (Å²) in [7, 11) is -2.51. The van der Waals surface area contributed by atoms with Crippen LogP contribution < -0.4 is 9.46 Å². The molecular weight excluding hydrogens is 456 g/mol. The lowest BCUT2D eigenvalue weighted by Gasteiger charge is -2.27. The summed E-state index contributed by atoms with van der Waals surface area (Å²) in [5, 5.41) is 0.472. The van der Waals surface area contributed by atoms with Crippen LogP contribution in [0.3, 0.4) is 0 Å². The molecular formula is C21H19BrN2O4S. The minimum absolute atomic E-state index is 0.0358. The van der Waals surface area contributed by atoms with Gasteiger partial charge in [-0.3, -0.25) is 9.78 Å². The molecule has 1 unspecified atom stereocenters. The maximum absolute atomic E-state index is 13.1. The zero-order chi connectivity index (χ0) is 20.6. The summed E-state index contributed by atoms with van der Waals surface area (Å²) in [5.41, 5.74) is 2.29. The number of carbonyl (C=O) groups is 1. The molecule has 0 fully saturated rings. The van der Waals surface area contributed by atoms with E-state index in [1.165, 1.54) is 6.07 Å². The first-order chi connectivity index (χ1) is 13.9. The number of rotatable bonds is 4. The number of aromatic nitrogens is 1. The van der Waals surface area contributed by atoms with Crippen LogP contribution in [0, 0.1) is 0 Å². The first-order valence-corrected chi connectivity index (χ1v) is 11.5. The van der Waals surface area contributed by atoms with Gasteiger partial charge in [-0.25, -0.2) is 13.1 Å². The monoisotopic (exact) mass is 474 g/mol. The molecule has 2 aromatic carbocycles. The Balaban J connectivity index is 1.72. The standard InChI is InChI=1S/C21H19BrN2O4S/c1-28-18-11-10-16(22)13-5-2-6-15(20(13)18)21(25)24-29(26,27)19-9-3-8-17-14(19)7-4-12-23-17/h3-4,7-12,15H,2,5-6H2,1H3,(H,24,25). The molecule has 0 spiro atoms. The smallest absolute Gasteiger partial charge is 0.264 e. The van der Waals surface area contributed by atoms with Crippen molar-refractivity contribution in [2.24, 2.45) is 0 Å². The number of hydrogen-bond donors (Lipinski definition) is 1. The number of ether oxygens (including phenoxy) is 1. The summed E-state index contributed by atoms with van der Waals surface area (Å²) in [5.74, 6) is -0.563. The van der Waals surface area contributed by atoms with Crippen molar-refractivity contribution in [3.63, 3.8) is 0 Å². The number of hydrogen-bond acceptors (Lipinski definition) is 5. The van der Waals surface area contributed by atoms with Crippen LogP contribution in [0.1, 0.15) is 29.9 Å². The van der Waals surface area contributed by atoms with E-state index >= 15 is 0 Å². The van der Waals surface area contributed by atoms with E-state index < -0.39 is 21.8 Å². The summed E-state index contributed by atoms with van der Waals surface area (Å²) in [6, 6.07) is 11.9. The van der Waals surface area contributed by atoms with Crippen LogP contribution in [0.5, 0.6) is 5.75 Å². The highest BCUT2D eigenvalue weighted by Gasteiger charge is 2.33. The van der Waals surface area contributed by atoms with E-state index in [0.29, 0.717) is 23.1 Å². The van der Waals surface area contributed by atoms with E-state index in [2.05, 4.69) is 25.6 Å². The maximum Gasteiger partial charge on any atom is 0.264 e. The Hall–Kier alpha value is -2.45. The second-order valence-corrected chi connectivity index (χ2v) is 9.39. The third-order valence-electron chi connectivity index (χ3n) is 5.19. The molecule has 6 nitrogen and oxygen atoms in total. The Morgan fingerprint density at radius 2 is 2.03 bits per heavy atom. The molecule has 0 saturated heterocycles. The molecule has 1 N–H and O–H groups in total. The fraction of sp³-hybridized carbons (Fsp3) is 0.238. The predicted molar refractivity (Wildman–Crippen MR) is 113 cm³/mol. The van der Waals surface area contributed by atoms with E-state index in [1.54, 1.807) is 43.6 Å². The van der Waals surface area contributed by atoms with Crippen LogP contribution in [0.4, 0.5) is 0 Å². The fourth-order valence-corrected chi connectivity index (χ4v) is 5.67. The molecule has 29 heavy (non-hydrogen) atoms. The molecule has 0 bridgehead atoms. The zero-order valence-corrected chi connectivity index (χ0v) is 18.1. The highest BCUT2D eigenvalue weighted by molar-refractivity contribution is 9.10. The van der Waals surface area contributed by atoms with Gasteiger partial charge in [0.1, 0.15) is 5.75 Å². The van der Waals surface area contributed by atoms with E-state index in [4.69, 9.17) is 4.74 Å². The zero-order valence-electron chi connectivity index (χ0n) is 15.7. The van der Waals surface area contributed by atoms with Gasteiger partial charge in [0.15, 0.2) is 0 Å². The summed E-state index contributed by atoms with van der Waals surface area (Å²) in [4.78, 5) is 17.3. The Bertz CT molecular complexity index is 1210. The minimum atomic E-state index is -4.06. The predicted octanol–water partition coefficient (Wildman–Crippen LogP) is 3.93. The molecule has 4 rings (SSSR count). The largest absolute Gasteiger partial charge is 0.496 e. The van der Waals surface area contributed by atoms with Crippen LogP contribution in [-0.4, -0.2) is 26.4 Å². The van der Waals surface area contributed by atoms with Gasteiger partial charge in [0, 0.05) is 21.6 Å². The number of halogens is 1. The average Bonchev–Trinajstić information content (AvgIpc) is 2.73. The van der Waals surface area contributed by atoms with Gasteiger partial charge in [-0.2, -0.15) is 0 Å². The molecule has 0 aliphatic heterocycles. The second-order valence-electron chi connectivity index (χ2n) is 6.88. The number of pyridine rings is 1. The van der Waals surface area contributed by atoms with Crippen molar-refractivity contribution in [3.8, 4) is 5.75 Å². The fourth-order valence-electron chi connectivity index (χ4n) is 3.89. The summed E-state index contributed by atoms with van der Waals surface area (Å²) >= 11 is 3.53. The Morgan fingerprint density at radius 1 is 1.21 bits per heavy atom. The highest BCUT2D eigenvalue weighted by Crippen LogP contribution is 2.41. The lowest BCUT2D eigenvalue weighted by Crippen LogP contribution is -2.36. The topological polar surface area (TPSA) is 85.4 Å². The second kappa shape index (κ2) is 7.76. The summed E-state index contributed by atoms with van der Waals surface area (Å²) < 4.78 is 34.7. The number of nitrogens with zero attached hydrogens (tertiary/aromatic N) is 1.